The zero-order chi connectivity index (χ0) is 18.5. The summed E-state index contributed by atoms with van der Waals surface area (Å²) in [5, 5.41) is 15.8. The third kappa shape index (κ3) is 10.0. The van der Waals surface area contributed by atoms with E-state index in [4.69, 9.17) is 0 Å². The number of nitrogens with zero attached hydrogens (tertiary/aromatic N) is 1. The lowest BCUT2D eigenvalue weighted by Crippen LogP contribution is -2.35. The first kappa shape index (κ1) is 21.4. The molecule has 1 fully saturated rings. The van der Waals surface area contributed by atoms with E-state index in [1.807, 2.05) is 30.1 Å². The number of hydrogen-bond acceptors (Lipinski definition) is 4. The molecule has 142 valence electrons. The first-order valence-electron chi connectivity index (χ1n) is 9.31. The van der Waals surface area contributed by atoms with E-state index in [1.54, 1.807) is 13.0 Å². The van der Waals surface area contributed by atoms with Gasteiger partial charge in [-0.15, -0.1) is 0 Å². The van der Waals surface area contributed by atoms with E-state index in [9.17, 15) is 14.7 Å². The van der Waals surface area contributed by atoms with Crippen molar-refractivity contribution in [3.05, 3.63) is 24.3 Å². The van der Waals surface area contributed by atoms with Crippen molar-refractivity contribution in [3.63, 3.8) is 0 Å². The standard InChI is InChI=1S/C19H33N3O3/c1-3-18(24)10-5-4-9-17-15-19(25)21-12-8-14-22(16(2)23)13-7-6-11-20-17/h4-5,9-10,17-18,20,24H,3,6-8,11-15H2,1-2H3,(H,21,25)/b9-4-,10-5+/t17-,18+/m0/s1. The van der Waals surface area contributed by atoms with Gasteiger partial charge in [0.1, 0.15) is 0 Å². The number of carbonyl (C=O) groups is 2. The van der Waals surface area contributed by atoms with Crippen LogP contribution in [0.25, 0.3) is 0 Å². The van der Waals surface area contributed by atoms with Gasteiger partial charge in [-0.1, -0.05) is 31.2 Å². The average Bonchev–Trinajstić information content (AvgIpc) is 2.60. The fourth-order valence-corrected chi connectivity index (χ4v) is 2.65. The van der Waals surface area contributed by atoms with Crippen molar-refractivity contribution in [1.82, 2.24) is 15.5 Å². The van der Waals surface area contributed by atoms with Crippen LogP contribution in [0.1, 0.15) is 46.0 Å². The molecule has 0 unspecified atom stereocenters. The molecule has 0 bridgehead atoms. The van der Waals surface area contributed by atoms with Crippen molar-refractivity contribution in [2.24, 2.45) is 0 Å². The predicted octanol–water partition coefficient (Wildman–Crippen LogP) is 1.37. The molecule has 2 atom stereocenters. The Balaban J connectivity index is 2.57. The molecule has 25 heavy (non-hydrogen) atoms. The number of hydrogen-bond donors (Lipinski definition) is 3. The fraction of sp³-hybridized carbons (Fsp3) is 0.684. The maximum atomic E-state index is 12.1. The molecular weight excluding hydrogens is 318 g/mol. The second kappa shape index (κ2) is 12.7. The van der Waals surface area contributed by atoms with Crippen LogP contribution in [0.15, 0.2) is 24.3 Å². The third-order valence-electron chi connectivity index (χ3n) is 4.25. The van der Waals surface area contributed by atoms with Crippen LogP contribution in [0, 0.1) is 0 Å². The van der Waals surface area contributed by atoms with Crippen molar-refractivity contribution >= 4 is 11.8 Å². The largest absolute Gasteiger partial charge is 0.389 e. The first-order chi connectivity index (χ1) is 12.0. The summed E-state index contributed by atoms with van der Waals surface area (Å²) in [6, 6.07) is -0.0342. The summed E-state index contributed by atoms with van der Waals surface area (Å²) in [5.41, 5.74) is 0. The molecule has 6 nitrogen and oxygen atoms in total. The molecule has 0 aromatic rings. The Hall–Kier alpha value is -1.66. The molecule has 1 aliphatic rings. The predicted molar refractivity (Wildman–Crippen MR) is 100 cm³/mol. The highest BCUT2D eigenvalue weighted by Gasteiger charge is 2.13. The number of allylic oxidation sites excluding steroid dienone is 2. The summed E-state index contributed by atoms with van der Waals surface area (Å²) in [4.78, 5) is 25.5. The van der Waals surface area contributed by atoms with Crippen LogP contribution >= 0.6 is 0 Å². The topological polar surface area (TPSA) is 81.7 Å². The van der Waals surface area contributed by atoms with Crippen molar-refractivity contribution in [2.45, 2.75) is 58.1 Å². The Labute approximate surface area is 151 Å². The molecule has 0 radical (unpaired) electrons. The second-order valence-corrected chi connectivity index (χ2v) is 6.43. The monoisotopic (exact) mass is 351 g/mol. The Morgan fingerprint density at radius 3 is 2.76 bits per heavy atom. The Kier molecular flexibility index (Phi) is 10.8. The molecule has 3 N–H and O–H groups in total. The van der Waals surface area contributed by atoms with Gasteiger partial charge in [0.05, 0.1) is 6.10 Å². The zero-order valence-electron chi connectivity index (χ0n) is 15.5. The van der Waals surface area contributed by atoms with Gasteiger partial charge in [0.25, 0.3) is 0 Å². The molecule has 0 saturated carbocycles. The van der Waals surface area contributed by atoms with Gasteiger partial charge in [-0.2, -0.15) is 0 Å². The highest BCUT2D eigenvalue weighted by Crippen LogP contribution is 2.02. The number of nitrogens with one attached hydrogen (secondary N) is 2. The van der Waals surface area contributed by atoms with Crippen LogP contribution in [0.3, 0.4) is 0 Å². The van der Waals surface area contributed by atoms with Gasteiger partial charge in [0.2, 0.25) is 11.8 Å². The minimum atomic E-state index is -0.426. The number of rotatable bonds is 4. The summed E-state index contributed by atoms with van der Waals surface area (Å²) in [7, 11) is 0. The Morgan fingerprint density at radius 1 is 1.28 bits per heavy atom. The smallest absolute Gasteiger partial charge is 0.221 e. The van der Waals surface area contributed by atoms with Crippen LogP contribution < -0.4 is 10.6 Å². The summed E-state index contributed by atoms with van der Waals surface area (Å²) >= 11 is 0. The number of carbonyl (C=O) groups excluding carboxylic acids is 2. The molecule has 0 aromatic carbocycles. The van der Waals surface area contributed by atoms with Crippen molar-refractivity contribution in [1.29, 1.82) is 0 Å². The third-order valence-corrected chi connectivity index (χ3v) is 4.25. The van der Waals surface area contributed by atoms with E-state index in [0.29, 0.717) is 25.9 Å². The maximum absolute atomic E-state index is 12.1. The molecule has 1 aliphatic heterocycles. The highest BCUT2D eigenvalue weighted by atomic mass is 16.3. The molecule has 1 saturated heterocycles. The molecule has 0 aromatic heterocycles. The minimum Gasteiger partial charge on any atom is -0.389 e. The number of aliphatic hydroxyl groups is 1. The van der Waals surface area contributed by atoms with E-state index in [2.05, 4.69) is 10.6 Å². The van der Waals surface area contributed by atoms with Gasteiger partial charge in [-0.05, 0) is 32.2 Å². The van der Waals surface area contributed by atoms with Gasteiger partial charge >= 0.3 is 0 Å². The van der Waals surface area contributed by atoms with Crippen LogP contribution in [-0.4, -0.2) is 60.1 Å². The summed E-state index contributed by atoms with van der Waals surface area (Å²) < 4.78 is 0. The Bertz CT molecular complexity index is 463. The normalized spacial score (nSPS) is 22.9. The van der Waals surface area contributed by atoms with Crippen LogP contribution in [-0.2, 0) is 9.59 Å². The molecule has 2 amide bonds. The molecular formula is C19H33N3O3. The van der Waals surface area contributed by atoms with E-state index < -0.39 is 6.10 Å². The quantitative estimate of drug-likeness (QED) is 0.668. The van der Waals surface area contributed by atoms with Gasteiger partial charge in [0.15, 0.2) is 0 Å². The van der Waals surface area contributed by atoms with Gasteiger partial charge in [0, 0.05) is 39.0 Å². The van der Waals surface area contributed by atoms with E-state index >= 15 is 0 Å². The highest BCUT2D eigenvalue weighted by molar-refractivity contribution is 5.76. The lowest BCUT2D eigenvalue weighted by Gasteiger charge is -2.20. The minimum absolute atomic E-state index is 0.00773. The lowest BCUT2D eigenvalue weighted by atomic mass is 10.1. The Morgan fingerprint density at radius 2 is 2.04 bits per heavy atom. The van der Waals surface area contributed by atoms with Gasteiger partial charge in [-0.25, -0.2) is 0 Å². The van der Waals surface area contributed by atoms with E-state index in [0.717, 1.165) is 32.4 Å². The van der Waals surface area contributed by atoms with Gasteiger partial charge < -0.3 is 20.6 Å². The maximum Gasteiger partial charge on any atom is 0.221 e. The van der Waals surface area contributed by atoms with Crippen LogP contribution in [0.5, 0.6) is 0 Å². The van der Waals surface area contributed by atoms with Crippen LogP contribution in [0.4, 0.5) is 0 Å². The molecule has 1 rings (SSSR count). The second-order valence-electron chi connectivity index (χ2n) is 6.43. The molecule has 6 heteroatoms. The number of amides is 2. The van der Waals surface area contributed by atoms with E-state index in [1.165, 1.54) is 0 Å². The fourth-order valence-electron chi connectivity index (χ4n) is 2.65. The first-order valence-corrected chi connectivity index (χ1v) is 9.31. The summed E-state index contributed by atoms with van der Waals surface area (Å²) in [5.74, 6) is 0.101. The molecule has 0 spiro atoms. The van der Waals surface area contributed by atoms with Crippen molar-refractivity contribution < 1.29 is 14.7 Å². The summed E-state index contributed by atoms with van der Waals surface area (Å²) in [6.07, 6.45) is 10.7. The van der Waals surface area contributed by atoms with E-state index in [-0.39, 0.29) is 17.9 Å². The number of aliphatic hydroxyl groups excluding tert-OH is 1. The van der Waals surface area contributed by atoms with Crippen LogP contribution in [0.2, 0.25) is 0 Å². The molecule has 1 heterocycles. The lowest BCUT2D eigenvalue weighted by molar-refractivity contribution is -0.129. The van der Waals surface area contributed by atoms with Crippen molar-refractivity contribution in [2.75, 3.05) is 26.2 Å². The summed E-state index contributed by atoms with van der Waals surface area (Å²) in [6.45, 7) is 6.36. The SMILES string of the molecule is CC[C@@H](O)/C=C/C=C\[C@H]1CC(=O)NCCCN(C(C)=O)CCCCN1. The van der Waals surface area contributed by atoms with Gasteiger partial charge in [-0.3, -0.25) is 9.59 Å². The zero-order valence-corrected chi connectivity index (χ0v) is 15.5. The molecule has 0 aliphatic carbocycles. The van der Waals surface area contributed by atoms with Crippen molar-refractivity contribution in [3.8, 4) is 0 Å². The average molecular weight is 351 g/mol.